The molecular formula is C26H34N4O. The predicted molar refractivity (Wildman–Crippen MR) is 126 cm³/mol. The molecular weight excluding hydrogens is 384 g/mol. The van der Waals surface area contributed by atoms with Crippen LogP contribution in [0.1, 0.15) is 65.4 Å². The van der Waals surface area contributed by atoms with E-state index in [4.69, 9.17) is 0 Å². The third-order valence-corrected chi connectivity index (χ3v) is 6.66. The Balaban J connectivity index is 1.49. The van der Waals surface area contributed by atoms with Crippen LogP contribution in [0, 0.1) is 11.3 Å². The number of amides is 1. The average molecular weight is 419 g/mol. The van der Waals surface area contributed by atoms with Crippen LogP contribution in [-0.4, -0.2) is 40.0 Å². The van der Waals surface area contributed by atoms with Gasteiger partial charge in [-0.25, -0.2) is 0 Å². The van der Waals surface area contributed by atoms with Crippen molar-refractivity contribution in [2.75, 3.05) is 13.1 Å². The Morgan fingerprint density at radius 2 is 2.06 bits per heavy atom. The zero-order valence-corrected chi connectivity index (χ0v) is 19.2. The first kappa shape index (κ1) is 21.6. The van der Waals surface area contributed by atoms with Gasteiger partial charge in [-0.15, -0.1) is 0 Å². The highest BCUT2D eigenvalue weighted by molar-refractivity contribution is 5.86. The van der Waals surface area contributed by atoms with Crippen molar-refractivity contribution in [2.24, 2.45) is 0 Å². The molecule has 2 aromatic rings. The molecule has 1 aromatic heterocycles. The van der Waals surface area contributed by atoms with Crippen LogP contribution in [-0.2, 0) is 10.3 Å². The maximum atomic E-state index is 12.9. The van der Waals surface area contributed by atoms with Crippen LogP contribution < -0.4 is 5.32 Å². The molecule has 1 unspecified atom stereocenters. The van der Waals surface area contributed by atoms with E-state index in [0.717, 1.165) is 45.2 Å². The molecule has 1 amide bonds. The first-order valence-electron chi connectivity index (χ1n) is 11.5. The van der Waals surface area contributed by atoms with Gasteiger partial charge in [0, 0.05) is 35.7 Å². The van der Waals surface area contributed by atoms with Gasteiger partial charge in [-0.2, -0.15) is 5.26 Å². The summed E-state index contributed by atoms with van der Waals surface area (Å²) in [7, 11) is 0. The first-order chi connectivity index (χ1) is 14.8. The highest BCUT2D eigenvalue weighted by Gasteiger charge is 2.46. The van der Waals surface area contributed by atoms with Crippen molar-refractivity contribution in [3.05, 3.63) is 42.1 Å². The van der Waals surface area contributed by atoms with Crippen LogP contribution in [0.4, 0.5) is 0 Å². The molecule has 164 valence electrons. The monoisotopic (exact) mass is 418 g/mol. The third kappa shape index (κ3) is 4.41. The van der Waals surface area contributed by atoms with Gasteiger partial charge in [0.1, 0.15) is 5.54 Å². The van der Waals surface area contributed by atoms with Crippen molar-refractivity contribution >= 4 is 22.4 Å². The lowest BCUT2D eigenvalue weighted by Crippen LogP contribution is -2.51. The summed E-state index contributed by atoms with van der Waals surface area (Å²) in [6, 6.07) is 11.1. The average Bonchev–Trinajstić information content (AvgIpc) is 3.38. The second kappa shape index (κ2) is 8.16. The lowest BCUT2D eigenvalue weighted by molar-refractivity contribution is -0.127. The van der Waals surface area contributed by atoms with E-state index in [0.29, 0.717) is 0 Å². The van der Waals surface area contributed by atoms with Crippen molar-refractivity contribution in [2.45, 2.75) is 76.9 Å². The number of rotatable bonds is 6. The number of aromatic nitrogens is 1. The second-order valence-corrected chi connectivity index (χ2v) is 10.1. The van der Waals surface area contributed by atoms with Crippen LogP contribution in [0.3, 0.4) is 0 Å². The number of fused-ring (bicyclic) bond motifs is 1. The fourth-order valence-corrected chi connectivity index (χ4v) is 4.62. The molecule has 0 spiro atoms. The van der Waals surface area contributed by atoms with E-state index >= 15 is 0 Å². The topological polar surface area (TPSA) is 61.1 Å². The number of carbonyl (C=O) groups is 1. The molecule has 1 aromatic carbocycles. The minimum absolute atomic E-state index is 0.0164. The summed E-state index contributed by atoms with van der Waals surface area (Å²) in [5.41, 5.74) is 3.36. The second-order valence-electron chi connectivity index (χ2n) is 10.1. The maximum absolute atomic E-state index is 12.9. The Labute approximate surface area is 185 Å². The number of hydrogen-bond donors (Lipinski definition) is 1. The van der Waals surface area contributed by atoms with Crippen molar-refractivity contribution in [1.82, 2.24) is 14.8 Å². The number of benzene rings is 1. The largest absolute Gasteiger partial charge is 0.342 e. The molecule has 1 atom stereocenters. The summed E-state index contributed by atoms with van der Waals surface area (Å²) < 4.78 is 2.32. The summed E-state index contributed by atoms with van der Waals surface area (Å²) in [5, 5.41) is 13.6. The van der Waals surface area contributed by atoms with Gasteiger partial charge in [-0.1, -0.05) is 25.5 Å². The Kier molecular flexibility index (Phi) is 5.70. The quantitative estimate of drug-likeness (QED) is 0.731. The summed E-state index contributed by atoms with van der Waals surface area (Å²) >= 11 is 0. The molecule has 2 aliphatic rings. The highest BCUT2D eigenvalue weighted by atomic mass is 16.2. The number of nitriles is 1. The van der Waals surface area contributed by atoms with Crippen LogP contribution in [0.15, 0.2) is 36.5 Å². The van der Waals surface area contributed by atoms with Crippen LogP contribution in [0.5, 0.6) is 0 Å². The van der Waals surface area contributed by atoms with E-state index in [2.05, 4.69) is 85.1 Å². The maximum Gasteiger partial charge on any atom is 0.238 e. The van der Waals surface area contributed by atoms with Crippen LogP contribution in [0.2, 0.25) is 0 Å². The van der Waals surface area contributed by atoms with Crippen molar-refractivity contribution < 1.29 is 4.79 Å². The van der Waals surface area contributed by atoms with E-state index in [1.165, 1.54) is 22.0 Å². The molecule has 0 saturated heterocycles. The molecule has 1 N–H and O–H groups in total. The van der Waals surface area contributed by atoms with E-state index in [1.54, 1.807) is 0 Å². The summed E-state index contributed by atoms with van der Waals surface area (Å²) in [4.78, 5) is 15.2. The molecule has 2 heterocycles. The normalized spacial score (nSPS) is 19.5. The van der Waals surface area contributed by atoms with Gasteiger partial charge >= 0.3 is 0 Å². The fourth-order valence-electron chi connectivity index (χ4n) is 4.62. The van der Waals surface area contributed by atoms with Crippen LogP contribution in [0.25, 0.3) is 16.5 Å². The van der Waals surface area contributed by atoms with Crippen molar-refractivity contribution in [3.8, 4) is 6.07 Å². The molecule has 1 fully saturated rings. The molecule has 1 saturated carbocycles. The van der Waals surface area contributed by atoms with E-state index < -0.39 is 5.54 Å². The number of hydrogen-bond acceptors (Lipinski definition) is 3. The van der Waals surface area contributed by atoms with E-state index in [-0.39, 0.29) is 17.5 Å². The van der Waals surface area contributed by atoms with Gasteiger partial charge < -0.3 is 9.88 Å². The molecule has 1 aliphatic carbocycles. The Morgan fingerprint density at radius 3 is 2.65 bits per heavy atom. The summed E-state index contributed by atoms with van der Waals surface area (Å²) in [5.74, 6) is 0.0164. The van der Waals surface area contributed by atoms with Gasteiger partial charge in [0.15, 0.2) is 0 Å². The number of nitrogens with zero attached hydrogens (tertiary/aromatic N) is 3. The zero-order valence-electron chi connectivity index (χ0n) is 19.2. The lowest BCUT2D eigenvalue weighted by Gasteiger charge is -2.33. The standard InChI is InChI=1S/C26H34N4O/c1-5-6-23(24(31)28-26(18-27)12-13-26)29-14-9-19(10-15-29)20-7-8-22-21(17-20)11-16-30(22)25(2,3)4/h7-9,11,16-17,23H,5-6,10,12-15H2,1-4H3,(H,28,31). The molecule has 0 radical (unpaired) electrons. The third-order valence-electron chi connectivity index (χ3n) is 6.66. The first-order valence-corrected chi connectivity index (χ1v) is 11.5. The number of carbonyl (C=O) groups excluding carboxylic acids is 1. The minimum Gasteiger partial charge on any atom is -0.342 e. The molecule has 4 rings (SSSR count). The predicted octanol–water partition coefficient (Wildman–Crippen LogP) is 4.83. The van der Waals surface area contributed by atoms with Crippen LogP contribution >= 0.6 is 0 Å². The van der Waals surface area contributed by atoms with Gasteiger partial charge in [0.2, 0.25) is 5.91 Å². The summed E-state index contributed by atoms with van der Waals surface area (Å²) in [6.45, 7) is 10.4. The Hall–Kier alpha value is -2.58. The Bertz CT molecular complexity index is 1050. The van der Waals surface area contributed by atoms with Crippen molar-refractivity contribution in [1.29, 1.82) is 5.26 Å². The minimum atomic E-state index is -0.598. The molecule has 5 nitrogen and oxygen atoms in total. The highest BCUT2D eigenvalue weighted by Crippen LogP contribution is 2.35. The zero-order chi connectivity index (χ0) is 22.2. The van der Waals surface area contributed by atoms with Gasteiger partial charge in [0.25, 0.3) is 0 Å². The fraction of sp³-hybridized carbons (Fsp3) is 0.538. The molecule has 1 aliphatic heterocycles. The lowest BCUT2D eigenvalue weighted by atomic mass is 9.96. The van der Waals surface area contributed by atoms with E-state index in [1.807, 2.05) is 0 Å². The molecule has 0 bridgehead atoms. The number of nitrogens with one attached hydrogen (secondary N) is 1. The summed E-state index contributed by atoms with van der Waals surface area (Å²) in [6.07, 6.45) is 8.71. The van der Waals surface area contributed by atoms with Gasteiger partial charge in [0.05, 0.1) is 12.1 Å². The molecule has 31 heavy (non-hydrogen) atoms. The van der Waals surface area contributed by atoms with Gasteiger partial charge in [-0.3, -0.25) is 9.69 Å². The molecule has 5 heteroatoms. The van der Waals surface area contributed by atoms with E-state index in [9.17, 15) is 10.1 Å². The SMILES string of the molecule is CCCC(C(=O)NC1(C#N)CC1)N1CC=C(c2ccc3c(ccn3C(C)(C)C)c2)CC1. The Morgan fingerprint density at radius 1 is 1.29 bits per heavy atom. The van der Waals surface area contributed by atoms with Gasteiger partial charge in [-0.05, 0) is 75.8 Å². The smallest absolute Gasteiger partial charge is 0.238 e. The van der Waals surface area contributed by atoms with Crippen molar-refractivity contribution in [3.63, 3.8) is 0 Å².